The lowest BCUT2D eigenvalue weighted by Gasteiger charge is -2.07. The Balaban J connectivity index is 1.54. The predicted octanol–water partition coefficient (Wildman–Crippen LogP) is 3.02. The molecule has 0 fully saturated rings. The maximum Gasteiger partial charge on any atom is 0.234 e. The number of nitrogens with zero attached hydrogens (tertiary/aromatic N) is 4. The predicted molar refractivity (Wildman–Crippen MR) is 105 cm³/mol. The number of nitrogens with one attached hydrogen (secondary N) is 1. The van der Waals surface area contributed by atoms with Gasteiger partial charge in [0, 0.05) is 5.69 Å². The number of aryl methyl sites for hydroxylation is 1. The standard InChI is InChI=1S/C19H21N5O2S/c1-3-14-4-8-16(9-5-14)20-18(25)13-27-19-21-22-23-24(19)12-15-6-10-17(26-2)11-7-15/h4-11H,3,12-13H2,1-2H3,(H,20,25). The van der Waals surface area contributed by atoms with Gasteiger partial charge < -0.3 is 10.1 Å². The molecule has 0 atom stereocenters. The Morgan fingerprint density at radius 1 is 1.11 bits per heavy atom. The summed E-state index contributed by atoms with van der Waals surface area (Å²) in [6, 6.07) is 15.6. The first-order valence-electron chi connectivity index (χ1n) is 8.58. The Kier molecular flexibility index (Phi) is 6.43. The highest BCUT2D eigenvalue weighted by Crippen LogP contribution is 2.18. The van der Waals surface area contributed by atoms with E-state index in [1.54, 1.807) is 11.8 Å². The molecule has 0 aliphatic carbocycles. The first kappa shape index (κ1) is 18.9. The van der Waals surface area contributed by atoms with E-state index in [-0.39, 0.29) is 11.7 Å². The second kappa shape index (κ2) is 9.18. The van der Waals surface area contributed by atoms with E-state index in [1.165, 1.54) is 17.3 Å². The molecule has 0 saturated carbocycles. The minimum atomic E-state index is -0.0942. The maximum absolute atomic E-state index is 12.2. The van der Waals surface area contributed by atoms with Gasteiger partial charge in [-0.1, -0.05) is 43.0 Å². The van der Waals surface area contributed by atoms with E-state index in [0.29, 0.717) is 11.7 Å². The van der Waals surface area contributed by atoms with Gasteiger partial charge in [-0.15, -0.1) is 5.10 Å². The van der Waals surface area contributed by atoms with Gasteiger partial charge in [0.05, 0.1) is 19.4 Å². The number of hydrogen-bond acceptors (Lipinski definition) is 6. The number of rotatable bonds is 8. The van der Waals surface area contributed by atoms with E-state index in [0.717, 1.165) is 23.4 Å². The molecule has 1 N–H and O–H groups in total. The van der Waals surface area contributed by atoms with Gasteiger partial charge >= 0.3 is 0 Å². The van der Waals surface area contributed by atoms with Crippen molar-refractivity contribution in [3.05, 3.63) is 59.7 Å². The molecule has 0 spiro atoms. The number of methoxy groups -OCH3 is 1. The van der Waals surface area contributed by atoms with Crippen LogP contribution in [0, 0.1) is 0 Å². The largest absolute Gasteiger partial charge is 0.497 e. The van der Waals surface area contributed by atoms with Gasteiger partial charge in [-0.3, -0.25) is 4.79 Å². The van der Waals surface area contributed by atoms with Crippen LogP contribution in [0.5, 0.6) is 5.75 Å². The van der Waals surface area contributed by atoms with Crippen molar-refractivity contribution in [2.24, 2.45) is 0 Å². The van der Waals surface area contributed by atoms with Gasteiger partial charge in [-0.05, 0) is 52.2 Å². The zero-order valence-electron chi connectivity index (χ0n) is 15.3. The van der Waals surface area contributed by atoms with Gasteiger partial charge in [0.25, 0.3) is 0 Å². The highest BCUT2D eigenvalue weighted by Gasteiger charge is 2.11. The third-order valence-electron chi connectivity index (χ3n) is 3.97. The van der Waals surface area contributed by atoms with Crippen molar-refractivity contribution < 1.29 is 9.53 Å². The van der Waals surface area contributed by atoms with Gasteiger partial charge in [0.2, 0.25) is 11.1 Å². The molecule has 0 aliphatic rings. The summed E-state index contributed by atoms with van der Waals surface area (Å²) in [5, 5.41) is 15.2. The van der Waals surface area contributed by atoms with Gasteiger partial charge in [0.1, 0.15) is 5.75 Å². The molecule has 3 aromatic rings. The molecule has 0 radical (unpaired) electrons. The van der Waals surface area contributed by atoms with Crippen LogP contribution in [0.1, 0.15) is 18.1 Å². The van der Waals surface area contributed by atoms with Crippen LogP contribution >= 0.6 is 11.8 Å². The Bertz CT molecular complexity index is 878. The molecule has 1 amide bonds. The third-order valence-corrected chi connectivity index (χ3v) is 4.93. The quantitative estimate of drug-likeness (QED) is 0.602. The summed E-state index contributed by atoms with van der Waals surface area (Å²) in [7, 11) is 1.63. The molecule has 1 heterocycles. The number of aromatic nitrogens is 4. The topological polar surface area (TPSA) is 81.9 Å². The zero-order valence-corrected chi connectivity index (χ0v) is 16.1. The Hall–Kier alpha value is -2.87. The van der Waals surface area contributed by atoms with Crippen molar-refractivity contribution in [2.45, 2.75) is 25.0 Å². The average Bonchev–Trinajstić information content (AvgIpc) is 3.14. The second-order valence-corrected chi connectivity index (χ2v) is 6.80. The number of thioether (sulfide) groups is 1. The lowest BCUT2D eigenvalue weighted by molar-refractivity contribution is -0.113. The van der Waals surface area contributed by atoms with Crippen molar-refractivity contribution in [3.8, 4) is 5.75 Å². The van der Waals surface area contributed by atoms with E-state index in [9.17, 15) is 4.79 Å². The van der Waals surface area contributed by atoms with Crippen LogP contribution in [0.25, 0.3) is 0 Å². The van der Waals surface area contributed by atoms with E-state index in [4.69, 9.17) is 4.74 Å². The Morgan fingerprint density at radius 2 is 1.81 bits per heavy atom. The molecule has 8 heteroatoms. The van der Waals surface area contributed by atoms with Crippen LogP contribution in [-0.4, -0.2) is 39.0 Å². The number of ether oxygens (including phenoxy) is 1. The lowest BCUT2D eigenvalue weighted by atomic mass is 10.1. The van der Waals surface area contributed by atoms with E-state index in [2.05, 4.69) is 27.8 Å². The number of tetrazole rings is 1. The van der Waals surface area contributed by atoms with Crippen LogP contribution in [0.2, 0.25) is 0 Å². The van der Waals surface area contributed by atoms with Crippen molar-refractivity contribution >= 4 is 23.4 Å². The zero-order chi connectivity index (χ0) is 19.1. The van der Waals surface area contributed by atoms with Crippen LogP contribution in [0.3, 0.4) is 0 Å². The molecule has 0 bridgehead atoms. The molecular weight excluding hydrogens is 362 g/mol. The van der Waals surface area contributed by atoms with Crippen LogP contribution in [0.4, 0.5) is 5.69 Å². The summed E-state index contributed by atoms with van der Waals surface area (Å²) >= 11 is 1.31. The molecule has 140 valence electrons. The number of benzene rings is 2. The molecule has 3 rings (SSSR count). The number of carbonyl (C=O) groups is 1. The smallest absolute Gasteiger partial charge is 0.234 e. The fourth-order valence-corrected chi connectivity index (χ4v) is 3.13. The minimum Gasteiger partial charge on any atom is -0.497 e. The van der Waals surface area contributed by atoms with Crippen molar-refractivity contribution in [1.82, 2.24) is 20.2 Å². The first-order valence-corrected chi connectivity index (χ1v) is 9.57. The normalized spacial score (nSPS) is 10.6. The van der Waals surface area contributed by atoms with Gasteiger partial charge in [-0.25, -0.2) is 4.68 Å². The average molecular weight is 383 g/mol. The maximum atomic E-state index is 12.2. The van der Waals surface area contributed by atoms with Crippen molar-refractivity contribution in [1.29, 1.82) is 0 Å². The van der Waals surface area contributed by atoms with E-state index >= 15 is 0 Å². The molecule has 0 unspecified atom stereocenters. The SMILES string of the molecule is CCc1ccc(NC(=O)CSc2nnnn2Cc2ccc(OC)cc2)cc1. The number of hydrogen-bond donors (Lipinski definition) is 1. The Labute approximate surface area is 162 Å². The number of anilines is 1. The summed E-state index contributed by atoms with van der Waals surface area (Å²) in [5.41, 5.74) is 3.07. The first-order chi connectivity index (χ1) is 13.2. The lowest BCUT2D eigenvalue weighted by Crippen LogP contribution is -2.15. The highest BCUT2D eigenvalue weighted by atomic mass is 32.2. The summed E-state index contributed by atoms with van der Waals surface area (Å²) in [6.07, 6.45) is 0.973. The van der Waals surface area contributed by atoms with E-state index < -0.39 is 0 Å². The van der Waals surface area contributed by atoms with E-state index in [1.807, 2.05) is 48.5 Å². The fourth-order valence-electron chi connectivity index (χ4n) is 2.45. The summed E-state index contributed by atoms with van der Waals surface area (Å²) in [5.74, 6) is 0.940. The highest BCUT2D eigenvalue weighted by molar-refractivity contribution is 7.99. The molecule has 2 aromatic carbocycles. The third kappa shape index (κ3) is 5.30. The van der Waals surface area contributed by atoms with Gasteiger partial charge in [0.15, 0.2) is 0 Å². The van der Waals surface area contributed by atoms with Crippen LogP contribution in [0.15, 0.2) is 53.7 Å². The van der Waals surface area contributed by atoms with Crippen LogP contribution in [-0.2, 0) is 17.8 Å². The number of carbonyl (C=O) groups excluding carboxylic acids is 1. The number of amides is 1. The second-order valence-electron chi connectivity index (χ2n) is 5.85. The molecule has 0 aliphatic heterocycles. The van der Waals surface area contributed by atoms with Gasteiger partial charge in [-0.2, -0.15) is 0 Å². The fraction of sp³-hybridized carbons (Fsp3) is 0.263. The van der Waals surface area contributed by atoms with Crippen LogP contribution < -0.4 is 10.1 Å². The molecular formula is C19H21N5O2S. The van der Waals surface area contributed by atoms with Crippen molar-refractivity contribution in [2.75, 3.05) is 18.2 Å². The summed E-state index contributed by atoms with van der Waals surface area (Å²) in [6.45, 7) is 2.62. The van der Waals surface area contributed by atoms with Crippen molar-refractivity contribution in [3.63, 3.8) is 0 Å². The summed E-state index contributed by atoms with van der Waals surface area (Å²) < 4.78 is 6.84. The monoisotopic (exact) mass is 383 g/mol. The molecule has 0 saturated heterocycles. The minimum absolute atomic E-state index is 0.0942. The molecule has 1 aromatic heterocycles. The molecule has 7 nitrogen and oxygen atoms in total. The Morgan fingerprint density at radius 3 is 2.48 bits per heavy atom. The molecule has 27 heavy (non-hydrogen) atoms. The summed E-state index contributed by atoms with van der Waals surface area (Å²) in [4.78, 5) is 12.2.